The average Bonchev–Trinajstić information content (AvgIpc) is 3.17. The van der Waals surface area contributed by atoms with Crippen LogP contribution in [-0.4, -0.2) is 48.8 Å². The van der Waals surface area contributed by atoms with Crippen LogP contribution >= 0.6 is 35.0 Å². The van der Waals surface area contributed by atoms with Gasteiger partial charge in [-0.1, -0.05) is 47.1 Å². The molecular formula is C20H19Cl2N3O3S2. The number of carbonyl (C=O) groups is 1. The minimum Gasteiger partial charge on any atom is -0.352 e. The molecule has 0 saturated carbocycles. The summed E-state index contributed by atoms with van der Waals surface area (Å²) in [6, 6.07) is 12.3. The monoisotopic (exact) mass is 483 g/mol. The summed E-state index contributed by atoms with van der Waals surface area (Å²) in [5.74, 6) is 0.0214. The first-order valence-corrected chi connectivity index (χ1v) is 12.8. The van der Waals surface area contributed by atoms with E-state index in [9.17, 15) is 13.2 Å². The fraction of sp³-hybridized carbons (Fsp3) is 0.300. The molecule has 6 nitrogen and oxygen atoms in total. The number of rotatable bonds is 5. The Morgan fingerprint density at radius 3 is 2.63 bits per heavy atom. The predicted octanol–water partition coefficient (Wildman–Crippen LogP) is 3.65. The minimum absolute atomic E-state index is 0.0596. The van der Waals surface area contributed by atoms with Crippen LogP contribution in [0.5, 0.6) is 0 Å². The molecule has 1 saturated heterocycles. The van der Waals surface area contributed by atoms with Crippen molar-refractivity contribution in [2.45, 2.75) is 17.7 Å². The van der Waals surface area contributed by atoms with Crippen LogP contribution in [0, 0.1) is 0 Å². The van der Waals surface area contributed by atoms with Gasteiger partial charge in [0.2, 0.25) is 0 Å². The van der Waals surface area contributed by atoms with E-state index in [1.807, 2.05) is 24.3 Å². The molecule has 2 heterocycles. The molecule has 2 aromatic carbocycles. The lowest BCUT2D eigenvalue weighted by atomic mass is 10.1. The van der Waals surface area contributed by atoms with E-state index in [-0.39, 0.29) is 28.7 Å². The summed E-state index contributed by atoms with van der Waals surface area (Å²) in [4.78, 5) is 17.0. The molecule has 158 valence electrons. The zero-order valence-corrected chi connectivity index (χ0v) is 18.9. The van der Waals surface area contributed by atoms with Gasteiger partial charge in [-0.25, -0.2) is 8.42 Å². The van der Waals surface area contributed by atoms with E-state index in [1.54, 1.807) is 18.2 Å². The highest BCUT2D eigenvalue weighted by atomic mass is 35.5. The summed E-state index contributed by atoms with van der Waals surface area (Å²) in [5.41, 5.74) is 2.13. The molecule has 4 rings (SSSR count). The zero-order chi connectivity index (χ0) is 21.3. The maximum Gasteiger partial charge on any atom is 0.251 e. The Labute approximate surface area is 189 Å². The topological polar surface area (TPSA) is 87.6 Å². The van der Waals surface area contributed by atoms with Gasteiger partial charge in [0.15, 0.2) is 15.0 Å². The van der Waals surface area contributed by atoms with Crippen molar-refractivity contribution in [3.8, 4) is 0 Å². The molecular weight excluding hydrogens is 465 g/mol. The van der Waals surface area contributed by atoms with Crippen LogP contribution in [0.25, 0.3) is 0 Å². The van der Waals surface area contributed by atoms with Gasteiger partial charge < -0.3 is 10.6 Å². The first-order valence-electron chi connectivity index (χ1n) is 9.33. The molecule has 30 heavy (non-hydrogen) atoms. The molecule has 1 fully saturated rings. The SMILES string of the molecule is O=C(NCCc1ccc(Cl)cc1)c1ccc(Cl)c(NC2=N[C@@H]3CS(=O)(=O)C[C@H]3S2)c1. The van der Waals surface area contributed by atoms with Crippen LogP contribution in [0.1, 0.15) is 15.9 Å². The van der Waals surface area contributed by atoms with E-state index < -0.39 is 9.84 Å². The van der Waals surface area contributed by atoms with Crippen LogP contribution in [0.2, 0.25) is 10.0 Å². The van der Waals surface area contributed by atoms with Crippen molar-refractivity contribution < 1.29 is 13.2 Å². The number of halogens is 2. The van der Waals surface area contributed by atoms with Gasteiger partial charge >= 0.3 is 0 Å². The van der Waals surface area contributed by atoms with Crippen LogP contribution in [-0.2, 0) is 16.3 Å². The lowest BCUT2D eigenvalue weighted by Crippen LogP contribution is -2.25. The van der Waals surface area contributed by atoms with E-state index in [4.69, 9.17) is 23.2 Å². The lowest BCUT2D eigenvalue weighted by molar-refractivity contribution is 0.0954. The molecule has 2 atom stereocenters. The van der Waals surface area contributed by atoms with Crippen molar-refractivity contribution in [2.24, 2.45) is 4.99 Å². The number of fused-ring (bicyclic) bond motifs is 1. The van der Waals surface area contributed by atoms with Crippen molar-refractivity contribution in [3.63, 3.8) is 0 Å². The van der Waals surface area contributed by atoms with Gasteiger partial charge in [-0.2, -0.15) is 0 Å². The van der Waals surface area contributed by atoms with Crippen LogP contribution in [0.15, 0.2) is 47.5 Å². The number of amides is 1. The van der Waals surface area contributed by atoms with Crippen molar-refractivity contribution in [1.29, 1.82) is 0 Å². The highest BCUT2D eigenvalue weighted by molar-refractivity contribution is 8.15. The standard InChI is InChI=1S/C20H19Cl2N3O3S2/c21-14-4-1-12(2-5-14)7-8-23-19(26)13-3-6-15(22)16(9-13)24-20-25-17-10-30(27,28)11-18(17)29-20/h1-6,9,17-18H,7-8,10-11H2,(H,23,26)(H,24,25)/t17-,18-/m1/s1. The number of thioether (sulfide) groups is 1. The summed E-state index contributed by atoms with van der Waals surface area (Å²) >= 11 is 13.6. The Kier molecular flexibility index (Phi) is 6.29. The second-order valence-corrected chi connectivity index (χ2v) is 11.4. The molecule has 10 heteroatoms. The molecule has 0 unspecified atom stereocenters. The zero-order valence-electron chi connectivity index (χ0n) is 15.8. The number of benzene rings is 2. The maximum atomic E-state index is 12.5. The Morgan fingerprint density at radius 1 is 1.13 bits per heavy atom. The normalized spacial score (nSPS) is 21.7. The first kappa shape index (κ1) is 21.5. The minimum atomic E-state index is -3.00. The molecule has 0 bridgehead atoms. The van der Waals surface area contributed by atoms with Crippen LogP contribution < -0.4 is 10.6 Å². The molecule has 0 spiro atoms. The summed E-state index contributed by atoms with van der Waals surface area (Å²) in [5, 5.41) is 7.75. The first-order chi connectivity index (χ1) is 14.3. The van der Waals surface area contributed by atoms with E-state index in [1.165, 1.54) is 11.8 Å². The highest BCUT2D eigenvalue weighted by Gasteiger charge is 2.42. The highest BCUT2D eigenvalue weighted by Crippen LogP contribution is 2.35. The van der Waals surface area contributed by atoms with Gasteiger partial charge in [-0.05, 0) is 42.3 Å². The van der Waals surface area contributed by atoms with Gasteiger partial charge in [0.1, 0.15) is 0 Å². The van der Waals surface area contributed by atoms with Crippen molar-refractivity contribution in [3.05, 3.63) is 63.6 Å². The number of sulfone groups is 1. The van der Waals surface area contributed by atoms with Gasteiger partial charge in [0, 0.05) is 22.4 Å². The third kappa shape index (κ3) is 5.11. The lowest BCUT2D eigenvalue weighted by Gasteiger charge is -2.11. The Balaban J connectivity index is 1.37. The van der Waals surface area contributed by atoms with E-state index in [2.05, 4.69) is 15.6 Å². The largest absolute Gasteiger partial charge is 0.352 e. The summed E-state index contributed by atoms with van der Waals surface area (Å²) in [6.45, 7) is 0.492. The van der Waals surface area contributed by atoms with Gasteiger partial charge in [-0.3, -0.25) is 9.79 Å². The summed E-state index contributed by atoms with van der Waals surface area (Å²) in [6.07, 6.45) is 0.695. The second-order valence-electron chi connectivity index (χ2n) is 7.19. The number of carbonyl (C=O) groups excluding carboxylic acids is 1. The number of aliphatic imine (C=N–C) groups is 1. The number of hydrogen-bond donors (Lipinski definition) is 2. The van der Waals surface area contributed by atoms with Gasteiger partial charge in [-0.15, -0.1) is 0 Å². The third-order valence-corrected chi connectivity index (χ3v) is 8.62. The Hall–Kier alpha value is -1.74. The molecule has 2 aliphatic heterocycles. The smallest absolute Gasteiger partial charge is 0.251 e. The van der Waals surface area contributed by atoms with E-state index in [0.717, 1.165) is 5.56 Å². The maximum absolute atomic E-state index is 12.5. The van der Waals surface area contributed by atoms with Crippen LogP contribution in [0.3, 0.4) is 0 Å². The predicted molar refractivity (Wildman–Crippen MR) is 124 cm³/mol. The van der Waals surface area contributed by atoms with E-state index in [0.29, 0.717) is 39.4 Å². The Bertz CT molecular complexity index is 1100. The summed E-state index contributed by atoms with van der Waals surface area (Å²) in [7, 11) is -3.00. The van der Waals surface area contributed by atoms with Crippen LogP contribution in [0.4, 0.5) is 5.69 Å². The van der Waals surface area contributed by atoms with E-state index >= 15 is 0 Å². The van der Waals surface area contributed by atoms with Crippen molar-refractivity contribution in [2.75, 3.05) is 23.4 Å². The number of anilines is 1. The quantitative estimate of drug-likeness (QED) is 0.677. The van der Waals surface area contributed by atoms with Gasteiger partial charge in [0.25, 0.3) is 5.91 Å². The van der Waals surface area contributed by atoms with Crippen molar-refractivity contribution >= 4 is 61.6 Å². The number of nitrogens with one attached hydrogen (secondary N) is 2. The molecule has 0 radical (unpaired) electrons. The average molecular weight is 484 g/mol. The number of amidine groups is 1. The Morgan fingerprint density at radius 2 is 1.90 bits per heavy atom. The number of nitrogens with zero attached hydrogens (tertiary/aromatic N) is 1. The fourth-order valence-electron chi connectivity index (χ4n) is 3.37. The molecule has 1 amide bonds. The van der Waals surface area contributed by atoms with Gasteiger partial charge in [0.05, 0.1) is 28.3 Å². The molecule has 2 aromatic rings. The fourth-order valence-corrected chi connectivity index (χ4v) is 7.33. The molecule has 0 aliphatic carbocycles. The second kappa shape index (κ2) is 8.78. The van der Waals surface area contributed by atoms with Crippen molar-refractivity contribution in [1.82, 2.24) is 5.32 Å². The third-order valence-electron chi connectivity index (χ3n) is 4.90. The molecule has 0 aromatic heterocycles. The molecule has 2 N–H and O–H groups in total. The summed E-state index contributed by atoms with van der Waals surface area (Å²) < 4.78 is 23.4. The molecule has 2 aliphatic rings. The number of hydrogen-bond acceptors (Lipinski definition) is 6.